The van der Waals surface area contributed by atoms with Gasteiger partial charge in [0.15, 0.2) is 0 Å². The Morgan fingerprint density at radius 1 is 1.28 bits per heavy atom. The first-order chi connectivity index (χ1) is 12.0. The quantitative estimate of drug-likeness (QED) is 0.842. The Bertz CT molecular complexity index is 756. The number of amides is 1. The van der Waals surface area contributed by atoms with Crippen molar-refractivity contribution in [3.05, 3.63) is 41.1 Å². The van der Waals surface area contributed by atoms with E-state index in [1.54, 1.807) is 0 Å². The van der Waals surface area contributed by atoms with Gasteiger partial charge in [-0.1, -0.05) is 18.1 Å². The number of pyridine rings is 1. The summed E-state index contributed by atoms with van der Waals surface area (Å²) in [5.74, 6) is 0.00722. The number of hydrogen-bond donors (Lipinski definition) is 1. The lowest BCUT2D eigenvalue weighted by atomic mass is 10.0. The van der Waals surface area contributed by atoms with Crippen LogP contribution < -0.4 is 5.32 Å². The number of aryl methyl sites for hydroxylation is 2. The van der Waals surface area contributed by atoms with Gasteiger partial charge in [0.05, 0.1) is 11.1 Å². The lowest BCUT2D eigenvalue weighted by Gasteiger charge is -2.33. The van der Waals surface area contributed by atoms with Crippen molar-refractivity contribution in [3.8, 4) is 0 Å². The van der Waals surface area contributed by atoms with Gasteiger partial charge < -0.3 is 10.2 Å². The third kappa shape index (κ3) is 4.37. The number of nitrogens with zero attached hydrogens (tertiary/aromatic N) is 2. The summed E-state index contributed by atoms with van der Waals surface area (Å²) in [5, 5.41) is 4.04. The van der Waals surface area contributed by atoms with E-state index in [9.17, 15) is 4.79 Å². The maximum atomic E-state index is 12.7. The number of carbonyl (C=O) groups is 1. The average molecular weight is 339 g/mol. The summed E-state index contributed by atoms with van der Waals surface area (Å²) in [6.45, 7) is 9.27. The number of nitrogens with one attached hydrogen (secondary N) is 1. The fourth-order valence-electron chi connectivity index (χ4n) is 3.73. The van der Waals surface area contributed by atoms with Gasteiger partial charge in [0.2, 0.25) is 0 Å². The Hall–Kier alpha value is -1.94. The van der Waals surface area contributed by atoms with Crippen LogP contribution in [0, 0.1) is 13.8 Å². The standard InChI is InChI=1S/C21H29N3O/c1-15-8-9-20-18(13-15)19(14-16(2)23-20)21(25)22-10-6-12-24-11-5-4-7-17(24)3/h8-9,13-14,17H,4-7,10-12H2,1-3H3,(H,22,25). The molecule has 2 heterocycles. The number of aromatic nitrogens is 1. The monoisotopic (exact) mass is 339 g/mol. The molecule has 4 heteroatoms. The van der Waals surface area contributed by atoms with Crippen molar-refractivity contribution < 1.29 is 4.79 Å². The number of rotatable bonds is 5. The summed E-state index contributed by atoms with van der Waals surface area (Å²) in [6, 6.07) is 8.65. The molecule has 0 radical (unpaired) electrons. The van der Waals surface area contributed by atoms with E-state index in [1.807, 2.05) is 38.1 Å². The molecule has 1 atom stereocenters. The molecule has 1 unspecified atom stereocenters. The molecule has 1 aliphatic heterocycles. The lowest BCUT2D eigenvalue weighted by molar-refractivity contribution is 0.0950. The maximum absolute atomic E-state index is 12.7. The van der Waals surface area contributed by atoms with E-state index >= 15 is 0 Å². The first-order valence-electron chi connectivity index (χ1n) is 9.45. The zero-order valence-corrected chi connectivity index (χ0v) is 15.6. The number of carbonyl (C=O) groups excluding carboxylic acids is 1. The van der Waals surface area contributed by atoms with E-state index in [0.29, 0.717) is 6.04 Å². The normalized spacial score (nSPS) is 18.4. The lowest BCUT2D eigenvalue weighted by Crippen LogP contribution is -2.39. The van der Waals surface area contributed by atoms with E-state index in [-0.39, 0.29) is 5.91 Å². The summed E-state index contributed by atoms with van der Waals surface area (Å²) < 4.78 is 0. The molecule has 3 rings (SSSR count). The molecule has 4 nitrogen and oxygen atoms in total. The highest BCUT2D eigenvalue weighted by atomic mass is 16.1. The van der Waals surface area contributed by atoms with Crippen molar-refractivity contribution in [2.24, 2.45) is 0 Å². The minimum absolute atomic E-state index is 0.00722. The predicted octanol–water partition coefficient (Wildman–Crippen LogP) is 3.85. The Kier molecular flexibility index (Phi) is 5.69. The molecule has 1 aliphatic rings. The molecule has 2 aromatic rings. The number of piperidine rings is 1. The molecule has 1 amide bonds. The second-order valence-corrected chi connectivity index (χ2v) is 7.32. The number of hydrogen-bond acceptors (Lipinski definition) is 3. The molecule has 0 spiro atoms. The van der Waals surface area contributed by atoms with Crippen LogP contribution >= 0.6 is 0 Å². The molecule has 0 saturated carbocycles. The van der Waals surface area contributed by atoms with Gasteiger partial charge in [-0.25, -0.2) is 0 Å². The maximum Gasteiger partial charge on any atom is 0.252 e. The highest BCUT2D eigenvalue weighted by molar-refractivity contribution is 6.06. The van der Waals surface area contributed by atoms with E-state index in [2.05, 4.69) is 22.1 Å². The largest absolute Gasteiger partial charge is 0.352 e. The van der Waals surface area contributed by atoms with Crippen molar-refractivity contribution in [2.45, 2.75) is 52.5 Å². The first kappa shape index (κ1) is 17.9. The molecule has 1 aromatic heterocycles. The van der Waals surface area contributed by atoms with Gasteiger partial charge in [0.1, 0.15) is 0 Å². The summed E-state index contributed by atoms with van der Waals surface area (Å²) in [7, 11) is 0. The highest BCUT2D eigenvalue weighted by Gasteiger charge is 2.17. The minimum atomic E-state index is 0.00722. The van der Waals surface area contributed by atoms with Crippen LogP contribution in [0.5, 0.6) is 0 Å². The zero-order valence-electron chi connectivity index (χ0n) is 15.6. The Morgan fingerprint density at radius 3 is 2.92 bits per heavy atom. The molecule has 134 valence electrons. The highest BCUT2D eigenvalue weighted by Crippen LogP contribution is 2.20. The van der Waals surface area contributed by atoms with Gasteiger partial charge in [0.25, 0.3) is 5.91 Å². The van der Waals surface area contributed by atoms with Gasteiger partial charge in [-0.2, -0.15) is 0 Å². The van der Waals surface area contributed by atoms with Crippen LogP contribution in [-0.4, -0.2) is 41.5 Å². The number of likely N-dealkylation sites (tertiary alicyclic amines) is 1. The summed E-state index contributed by atoms with van der Waals surface area (Å²) >= 11 is 0. The molecule has 1 fully saturated rings. The fraction of sp³-hybridized carbons (Fsp3) is 0.524. The molecule has 0 bridgehead atoms. The Balaban J connectivity index is 1.61. The van der Waals surface area contributed by atoms with Gasteiger partial charge in [-0.15, -0.1) is 0 Å². The average Bonchev–Trinajstić information content (AvgIpc) is 2.59. The van der Waals surface area contributed by atoms with Crippen molar-refractivity contribution >= 4 is 16.8 Å². The summed E-state index contributed by atoms with van der Waals surface area (Å²) in [5.41, 5.74) is 3.64. The fourth-order valence-corrected chi connectivity index (χ4v) is 3.73. The van der Waals surface area contributed by atoms with E-state index < -0.39 is 0 Å². The molecular weight excluding hydrogens is 310 g/mol. The van der Waals surface area contributed by atoms with Crippen molar-refractivity contribution in [3.63, 3.8) is 0 Å². The van der Waals surface area contributed by atoms with Crippen LogP contribution in [0.15, 0.2) is 24.3 Å². The minimum Gasteiger partial charge on any atom is -0.352 e. The van der Waals surface area contributed by atoms with Crippen molar-refractivity contribution in [2.75, 3.05) is 19.6 Å². The molecule has 0 aliphatic carbocycles. The van der Waals surface area contributed by atoms with E-state index in [1.165, 1.54) is 25.8 Å². The van der Waals surface area contributed by atoms with Crippen molar-refractivity contribution in [1.29, 1.82) is 0 Å². The molecule has 1 saturated heterocycles. The third-order valence-corrected chi connectivity index (χ3v) is 5.19. The van der Waals surface area contributed by atoms with Crippen LogP contribution in [0.3, 0.4) is 0 Å². The van der Waals surface area contributed by atoms with Crippen molar-refractivity contribution in [1.82, 2.24) is 15.2 Å². The van der Waals surface area contributed by atoms with E-state index in [0.717, 1.165) is 47.2 Å². The second kappa shape index (κ2) is 7.96. The Morgan fingerprint density at radius 2 is 2.12 bits per heavy atom. The molecule has 1 aromatic carbocycles. The van der Waals surface area contributed by atoms with Crippen LogP contribution in [0.25, 0.3) is 10.9 Å². The van der Waals surface area contributed by atoms with Gasteiger partial charge in [-0.3, -0.25) is 9.78 Å². The SMILES string of the molecule is Cc1ccc2nc(C)cc(C(=O)NCCCN3CCCCC3C)c2c1. The molecule has 25 heavy (non-hydrogen) atoms. The first-order valence-corrected chi connectivity index (χ1v) is 9.45. The number of benzene rings is 1. The summed E-state index contributed by atoms with van der Waals surface area (Å²) in [6.07, 6.45) is 4.95. The van der Waals surface area contributed by atoms with E-state index in [4.69, 9.17) is 0 Å². The predicted molar refractivity (Wildman–Crippen MR) is 103 cm³/mol. The second-order valence-electron chi connectivity index (χ2n) is 7.32. The third-order valence-electron chi connectivity index (χ3n) is 5.19. The van der Waals surface area contributed by atoms with Gasteiger partial charge in [0, 0.05) is 30.2 Å². The Labute approximate surface area is 150 Å². The van der Waals surface area contributed by atoms with Gasteiger partial charge in [-0.05, 0) is 64.8 Å². The molecular formula is C21H29N3O. The zero-order chi connectivity index (χ0) is 17.8. The van der Waals surface area contributed by atoms with Crippen LogP contribution in [0.4, 0.5) is 0 Å². The van der Waals surface area contributed by atoms with Gasteiger partial charge >= 0.3 is 0 Å². The smallest absolute Gasteiger partial charge is 0.252 e. The van der Waals surface area contributed by atoms with Crippen LogP contribution in [-0.2, 0) is 0 Å². The summed E-state index contributed by atoms with van der Waals surface area (Å²) in [4.78, 5) is 19.8. The molecule has 1 N–H and O–H groups in total. The topological polar surface area (TPSA) is 45.2 Å². The number of fused-ring (bicyclic) bond motifs is 1. The van der Waals surface area contributed by atoms with Crippen LogP contribution in [0.2, 0.25) is 0 Å². The van der Waals surface area contributed by atoms with Crippen LogP contribution in [0.1, 0.15) is 54.2 Å².